The first-order valence-corrected chi connectivity index (χ1v) is 5.59. The average molecular weight is 189 g/mol. The molecule has 1 nitrogen and oxygen atoms in total. The van der Waals surface area contributed by atoms with E-state index >= 15 is 0 Å². The molecule has 0 bridgehead atoms. The normalized spacial score (nSPS) is 27.5. The molecule has 1 unspecified atom stereocenters. The second-order valence-electron chi connectivity index (χ2n) is 4.55. The van der Waals surface area contributed by atoms with Gasteiger partial charge in [-0.15, -0.1) is 0 Å². The lowest BCUT2D eigenvalue weighted by atomic mass is 9.87. The maximum Gasteiger partial charge on any atom is -0.00171 e. The number of piperidine rings is 1. The molecule has 1 saturated heterocycles. The standard InChI is InChI=1S/C13H19N/c1-11-7-13(10-14-9-11)8-12-5-3-2-4-6-12/h2-6,11,13-14H,7-10H2,1H3/t11-,13?/m0/s1. The molecule has 0 aliphatic carbocycles. The van der Waals surface area contributed by atoms with E-state index < -0.39 is 0 Å². The summed E-state index contributed by atoms with van der Waals surface area (Å²) in [5.41, 5.74) is 1.48. The van der Waals surface area contributed by atoms with Gasteiger partial charge in [0.25, 0.3) is 0 Å². The molecule has 1 aromatic carbocycles. The summed E-state index contributed by atoms with van der Waals surface area (Å²) in [6.45, 7) is 4.73. The van der Waals surface area contributed by atoms with Gasteiger partial charge in [-0.25, -0.2) is 0 Å². The Morgan fingerprint density at radius 2 is 2.00 bits per heavy atom. The van der Waals surface area contributed by atoms with Gasteiger partial charge in [0.15, 0.2) is 0 Å². The fraction of sp³-hybridized carbons (Fsp3) is 0.538. The third-order valence-corrected chi connectivity index (χ3v) is 3.03. The van der Waals surface area contributed by atoms with Crippen molar-refractivity contribution in [3.05, 3.63) is 35.9 Å². The molecule has 0 aromatic heterocycles. The number of hydrogen-bond acceptors (Lipinski definition) is 1. The molecule has 0 saturated carbocycles. The lowest BCUT2D eigenvalue weighted by Gasteiger charge is -2.27. The van der Waals surface area contributed by atoms with Crippen LogP contribution in [-0.2, 0) is 6.42 Å². The van der Waals surface area contributed by atoms with Gasteiger partial charge in [-0.1, -0.05) is 37.3 Å². The van der Waals surface area contributed by atoms with Crippen LogP contribution >= 0.6 is 0 Å². The quantitative estimate of drug-likeness (QED) is 0.753. The topological polar surface area (TPSA) is 12.0 Å². The van der Waals surface area contributed by atoms with Crippen LogP contribution in [0.25, 0.3) is 0 Å². The zero-order valence-electron chi connectivity index (χ0n) is 8.87. The summed E-state index contributed by atoms with van der Waals surface area (Å²) in [4.78, 5) is 0. The lowest BCUT2D eigenvalue weighted by Crippen LogP contribution is -2.35. The van der Waals surface area contributed by atoms with Gasteiger partial charge in [0, 0.05) is 0 Å². The molecule has 1 N–H and O–H groups in total. The van der Waals surface area contributed by atoms with Crippen molar-refractivity contribution in [2.75, 3.05) is 13.1 Å². The molecule has 1 aliphatic rings. The van der Waals surface area contributed by atoms with Gasteiger partial charge in [-0.3, -0.25) is 0 Å². The minimum absolute atomic E-state index is 0.834. The number of hydrogen-bond donors (Lipinski definition) is 1. The monoisotopic (exact) mass is 189 g/mol. The van der Waals surface area contributed by atoms with Crippen LogP contribution in [0.1, 0.15) is 18.9 Å². The van der Waals surface area contributed by atoms with Crippen LogP contribution in [0.15, 0.2) is 30.3 Å². The molecule has 1 fully saturated rings. The van der Waals surface area contributed by atoms with E-state index in [1.54, 1.807) is 0 Å². The van der Waals surface area contributed by atoms with Crippen molar-refractivity contribution in [3.8, 4) is 0 Å². The molecule has 1 heteroatoms. The molecule has 76 valence electrons. The molecular formula is C13H19N. The summed E-state index contributed by atoms with van der Waals surface area (Å²) in [7, 11) is 0. The highest BCUT2D eigenvalue weighted by Gasteiger charge is 2.18. The Morgan fingerprint density at radius 3 is 2.71 bits per heavy atom. The van der Waals surface area contributed by atoms with Crippen molar-refractivity contribution < 1.29 is 0 Å². The molecule has 1 heterocycles. The SMILES string of the molecule is C[C@@H]1CNCC(Cc2ccccc2)C1. The van der Waals surface area contributed by atoms with Crippen LogP contribution < -0.4 is 5.32 Å². The number of benzene rings is 1. The van der Waals surface area contributed by atoms with E-state index in [9.17, 15) is 0 Å². The van der Waals surface area contributed by atoms with Crippen LogP contribution in [-0.4, -0.2) is 13.1 Å². The third-order valence-electron chi connectivity index (χ3n) is 3.03. The molecule has 0 amide bonds. The van der Waals surface area contributed by atoms with E-state index in [1.165, 1.54) is 31.5 Å². The predicted molar refractivity (Wildman–Crippen MR) is 60.3 cm³/mol. The highest BCUT2D eigenvalue weighted by Crippen LogP contribution is 2.19. The zero-order valence-corrected chi connectivity index (χ0v) is 8.87. The first kappa shape index (κ1) is 9.72. The Hall–Kier alpha value is -0.820. The van der Waals surface area contributed by atoms with Gasteiger partial charge < -0.3 is 5.32 Å². The van der Waals surface area contributed by atoms with Crippen LogP contribution in [0.5, 0.6) is 0 Å². The highest BCUT2D eigenvalue weighted by molar-refractivity contribution is 5.15. The van der Waals surface area contributed by atoms with E-state index in [0.29, 0.717) is 0 Å². The van der Waals surface area contributed by atoms with Crippen LogP contribution in [0.3, 0.4) is 0 Å². The zero-order chi connectivity index (χ0) is 9.80. The van der Waals surface area contributed by atoms with Crippen molar-refractivity contribution in [1.82, 2.24) is 5.32 Å². The van der Waals surface area contributed by atoms with Crippen molar-refractivity contribution in [1.29, 1.82) is 0 Å². The van der Waals surface area contributed by atoms with Crippen molar-refractivity contribution in [3.63, 3.8) is 0 Å². The van der Waals surface area contributed by atoms with E-state index in [4.69, 9.17) is 0 Å². The van der Waals surface area contributed by atoms with E-state index in [1.807, 2.05) is 0 Å². The van der Waals surface area contributed by atoms with Gasteiger partial charge in [0.2, 0.25) is 0 Å². The summed E-state index contributed by atoms with van der Waals surface area (Å²) in [6, 6.07) is 10.8. The molecule has 2 rings (SSSR count). The fourth-order valence-corrected chi connectivity index (χ4v) is 2.37. The van der Waals surface area contributed by atoms with E-state index in [0.717, 1.165) is 11.8 Å². The molecule has 14 heavy (non-hydrogen) atoms. The second kappa shape index (κ2) is 4.61. The molecule has 1 aromatic rings. The van der Waals surface area contributed by atoms with Gasteiger partial charge in [-0.2, -0.15) is 0 Å². The maximum absolute atomic E-state index is 3.50. The largest absolute Gasteiger partial charge is 0.316 e. The van der Waals surface area contributed by atoms with Gasteiger partial charge in [-0.05, 0) is 43.3 Å². The second-order valence-corrected chi connectivity index (χ2v) is 4.55. The van der Waals surface area contributed by atoms with Crippen LogP contribution in [0, 0.1) is 11.8 Å². The minimum atomic E-state index is 0.834. The number of rotatable bonds is 2. The van der Waals surface area contributed by atoms with Crippen LogP contribution in [0.2, 0.25) is 0 Å². The maximum atomic E-state index is 3.50. The van der Waals surface area contributed by atoms with Crippen LogP contribution in [0.4, 0.5) is 0 Å². The molecular weight excluding hydrogens is 170 g/mol. The summed E-state index contributed by atoms with van der Waals surface area (Å²) < 4.78 is 0. The Balaban J connectivity index is 1.91. The van der Waals surface area contributed by atoms with Gasteiger partial charge in [0.1, 0.15) is 0 Å². The Morgan fingerprint density at radius 1 is 1.21 bits per heavy atom. The summed E-state index contributed by atoms with van der Waals surface area (Å²) in [5, 5.41) is 3.50. The molecule has 0 spiro atoms. The van der Waals surface area contributed by atoms with E-state index in [-0.39, 0.29) is 0 Å². The van der Waals surface area contributed by atoms with Gasteiger partial charge in [0.05, 0.1) is 0 Å². The van der Waals surface area contributed by atoms with Crippen molar-refractivity contribution in [2.45, 2.75) is 19.8 Å². The predicted octanol–water partition coefficient (Wildman–Crippen LogP) is 2.47. The fourth-order valence-electron chi connectivity index (χ4n) is 2.37. The van der Waals surface area contributed by atoms with Crippen molar-refractivity contribution >= 4 is 0 Å². The minimum Gasteiger partial charge on any atom is -0.316 e. The summed E-state index contributed by atoms with van der Waals surface area (Å²) >= 11 is 0. The molecule has 2 atom stereocenters. The average Bonchev–Trinajstić information content (AvgIpc) is 2.19. The highest BCUT2D eigenvalue weighted by atomic mass is 14.9. The lowest BCUT2D eigenvalue weighted by molar-refractivity contribution is 0.301. The third kappa shape index (κ3) is 2.58. The Bertz CT molecular complexity index is 268. The summed E-state index contributed by atoms with van der Waals surface area (Å²) in [5.74, 6) is 1.68. The molecule has 0 radical (unpaired) electrons. The smallest absolute Gasteiger partial charge is 0.00171 e. The van der Waals surface area contributed by atoms with Crippen molar-refractivity contribution in [2.24, 2.45) is 11.8 Å². The summed E-state index contributed by atoms with van der Waals surface area (Å²) in [6.07, 6.45) is 2.61. The molecule has 1 aliphatic heterocycles. The Labute approximate surface area is 86.5 Å². The van der Waals surface area contributed by atoms with E-state index in [2.05, 4.69) is 42.6 Å². The Kier molecular flexibility index (Phi) is 3.20. The number of nitrogens with one attached hydrogen (secondary N) is 1. The first-order chi connectivity index (χ1) is 6.84. The first-order valence-electron chi connectivity index (χ1n) is 5.59. The van der Waals surface area contributed by atoms with Gasteiger partial charge >= 0.3 is 0 Å².